The zero-order chi connectivity index (χ0) is 22.8. The first-order chi connectivity index (χ1) is 16.1. The van der Waals surface area contributed by atoms with Crippen LogP contribution in [0.15, 0.2) is 24.5 Å². The molecule has 1 saturated heterocycles. The van der Waals surface area contributed by atoms with Gasteiger partial charge in [0, 0.05) is 54.5 Å². The lowest BCUT2D eigenvalue weighted by Gasteiger charge is -2.32. The molecule has 8 heteroatoms. The van der Waals surface area contributed by atoms with Crippen LogP contribution in [0.5, 0.6) is 5.75 Å². The molecule has 3 heterocycles. The molecule has 2 aliphatic rings. The van der Waals surface area contributed by atoms with Gasteiger partial charge in [-0.1, -0.05) is 0 Å². The molecule has 0 bridgehead atoms. The Morgan fingerprint density at radius 2 is 1.73 bits per heavy atom. The summed E-state index contributed by atoms with van der Waals surface area (Å²) < 4.78 is 12.1. The third-order valence-corrected chi connectivity index (χ3v) is 6.71. The molecule has 0 amide bonds. The largest absolute Gasteiger partial charge is 0.488 e. The summed E-state index contributed by atoms with van der Waals surface area (Å²) in [7, 11) is 0. The van der Waals surface area contributed by atoms with Crippen molar-refractivity contribution in [3.63, 3.8) is 0 Å². The van der Waals surface area contributed by atoms with E-state index in [-0.39, 0.29) is 6.10 Å². The van der Waals surface area contributed by atoms with E-state index in [1.54, 1.807) is 12.4 Å². The molecule has 2 fully saturated rings. The van der Waals surface area contributed by atoms with Gasteiger partial charge >= 0.3 is 0 Å². The second kappa shape index (κ2) is 9.47. The van der Waals surface area contributed by atoms with Crippen LogP contribution in [0.2, 0.25) is 0 Å². The number of nitrogens with one attached hydrogen (secondary N) is 1. The first kappa shape index (κ1) is 21.8. The maximum atomic E-state index is 6.55. The Labute approximate surface area is 194 Å². The van der Waals surface area contributed by atoms with Crippen molar-refractivity contribution in [3.05, 3.63) is 41.6 Å². The van der Waals surface area contributed by atoms with Gasteiger partial charge in [0.25, 0.3) is 0 Å². The standard InChI is InChI=1S/C25H32N6O2/c1-16-17(2)28-18(3)29-25(16)30-19-4-6-21(7-5-19)33-23-15-20(31-10-12-32-13-11-31)14-22-24(23)27-9-8-26-22/h8-9,14-15,19,21H,4-7,10-13H2,1-3H3,(H,28,29,30)/t19-,21+. The molecule has 1 aliphatic heterocycles. The van der Waals surface area contributed by atoms with E-state index in [0.29, 0.717) is 6.04 Å². The van der Waals surface area contributed by atoms with Crippen molar-refractivity contribution >= 4 is 22.5 Å². The van der Waals surface area contributed by atoms with Gasteiger partial charge in [-0.15, -0.1) is 0 Å². The number of nitrogens with zero attached hydrogens (tertiary/aromatic N) is 5. The fourth-order valence-electron chi connectivity index (χ4n) is 4.73. The number of ether oxygens (including phenoxy) is 2. The summed E-state index contributed by atoms with van der Waals surface area (Å²) in [5, 5.41) is 3.65. The van der Waals surface area contributed by atoms with Crippen molar-refractivity contribution < 1.29 is 9.47 Å². The Bertz CT molecular complexity index is 1120. The SMILES string of the molecule is Cc1nc(C)c(C)c(N[C@H]2CC[C@@H](Oc3cc(N4CCOCC4)cc4nccnc34)CC2)n1. The van der Waals surface area contributed by atoms with E-state index in [4.69, 9.17) is 9.47 Å². The summed E-state index contributed by atoms with van der Waals surface area (Å²) in [6.45, 7) is 9.32. The van der Waals surface area contributed by atoms with Crippen molar-refractivity contribution in [2.24, 2.45) is 0 Å². The molecule has 0 atom stereocenters. The Morgan fingerprint density at radius 1 is 0.970 bits per heavy atom. The van der Waals surface area contributed by atoms with E-state index in [9.17, 15) is 0 Å². The van der Waals surface area contributed by atoms with Crippen molar-refractivity contribution in [1.29, 1.82) is 0 Å². The fourth-order valence-corrected chi connectivity index (χ4v) is 4.73. The van der Waals surface area contributed by atoms with Gasteiger partial charge in [0.05, 0.1) is 24.8 Å². The van der Waals surface area contributed by atoms with E-state index in [1.165, 1.54) is 0 Å². The van der Waals surface area contributed by atoms with Gasteiger partial charge < -0.3 is 19.7 Å². The molecular weight excluding hydrogens is 416 g/mol. The Morgan fingerprint density at radius 3 is 2.52 bits per heavy atom. The maximum absolute atomic E-state index is 6.55. The number of fused-ring (bicyclic) bond motifs is 1. The van der Waals surface area contributed by atoms with Crippen LogP contribution in [0.25, 0.3) is 11.0 Å². The highest BCUT2D eigenvalue weighted by atomic mass is 16.5. The van der Waals surface area contributed by atoms with Gasteiger partial charge in [0.1, 0.15) is 22.9 Å². The molecule has 2 aromatic heterocycles. The summed E-state index contributed by atoms with van der Waals surface area (Å²) in [4.78, 5) is 20.5. The van der Waals surface area contributed by atoms with Crippen LogP contribution >= 0.6 is 0 Å². The van der Waals surface area contributed by atoms with Gasteiger partial charge in [0.2, 0.25) is 0 Å². The maximum Gasteiger partial charge on any atom is 0.149 e. The van der Waals surface area contributed by atoms with Crippen LogP contribution in [-0.4, -0.2) is 58.4 Å². The minimum absolute atomic E-state index is 0.170. The van der Waals surface area contributed by atoms with E-state index < -0.39 is 0 Å². The number of hydrogen-bond acceptors (Lipinski definition) is 8. The molecule has 3 aromatic rings. The molecule has 0 unspecified atom stereocenters. The van der Waals surface area contributed by atoms with E-state index in [2.05, 4.69) is 49.2 Å². The van der Waals surface area contributed by atoms with Crippen LogP contribution in [-0.2, 0) is 4.74 Å². The number of aromatic nitrogens is 4. The highest BCUT2D eigenvalue weighted by Gasteiger charge is 2.25. The molecule has 8 nitrogen and oxygen atoms in total. The van der Waals surface area contributed by atoms with Crippen molar-refractivity contribution in [2.45, 2.75) is 58.6 Å². The number of benzene rings is 1. The predicted molar refractivity (Wildman–Crippen MR) is 129 cm³/mol. The quantitative estimate of drug-likeness (QED) is 0.627. The molecule has 33 heavy (non-hydrogen) atoms. The average molecular weight is 449 g/mol. The second-order valence-electron chi connectivity index (χ2n) is 9.03. The number of rotatable bonds is 5. The van der Waals surface area contributed by atoms with Gasteiger partial charge in [-0.2, -0.15) is 0 Å². The normalized spacial score (nSPS) is 21.2. The summed E-state index contributed by atoms with van der Waals surface area (Å²) in [6, 6.07) is 4.63. The third kappa shape index (κ3) is 4.85. The highest BCUT2D eigenvalue weighted by molar-refractivity contribution is 5.85. The summed E-state index contributed by atoms with van der Waals surface area (Å²) >= 11 is 0. The first-order valence-electron chi connectivity index (χ1n) is 11.9. The summed E-state index contributed by atoms with van der Waals surface area (Å²) in [5.41, 5.74) is 5.00. The Kier molecular flexibility index (Phi) is 6.26. The van der Waals surface area contributed by atoms with Crippen LogP contribution < -0.4 is 15.0 Å². The van der Waals surface area contributed by atoms with Crippen LogP contribution in [0, 0.1) is 20.8 Å². The first-order valence-corrected chi connectivity index (χ1v) is 11.9. The van der Waals surface area contributed by atoms with Crippen LogP contribution in [0.3, 0.4) is 0 Å². The average Bonchev–Trinajstić information content (AvgIpc) is 2.84. The lowest BCUT2D eigenvalue weighted by atomic mass is 9.92. The highest BCUT2D eigenvalue weighted by Crippen LogP contribution is 2.33. The Hall–Kier alpha value is -3.00. The van der Waals surface area contributed by atoms with Crippen LogP contribution in [0.1, 0.15) is 42.8 Å². The lowest BCUT2D eigenvalue weighted by Crippen LogP contribution is -2.36. The van der Waals surface area contributed by atoms with Crippen molar-refractivity contribution in [1.82, 2.24) is 19.9 Å². The molecule has 5 rings (SSSR count). The molecule has 174 valence electrons. The van der Waals surface area contributed by atoms with Crippen molar-refractivity contribution in [3.8, 4) is 5.75 Å². The summed E-state index contributed by atoms with van der Waals surface area (Å²) in [6.07, 6.45) is 7.70. The van der Waals surface area contributed by atoms with E-state index in [1.807, 2.05) is 13.8 Å². The number of morpholine rings is 1. The molecule has 1 saturated carbocycles. The molecular formula is C25H32N6O2. The topological polar surface area (TPSA) is 85.3 Å². The smallest absolute Gasteiger partial charge is 0.149 e. The third-order valence-electron chi connectivity index (χ3n) is 6.71. The van der Waals surface area contributed by atoms with E-state index in [0.717, 1.165) is 97.4 Å². The molecule has 1 aliphatic carbocycles. The van der Waals surface area contributed by atoms with Gasteiger partial charge in [-0.25, -0.2) is 15.0 Å². The molecule has 0 spiro atoms. The summed E-state index contributed by atoms with van der Waals surface area (Å²) in [5.74, 6) is 2.60. The van der Waals surface area contributed by atoms with Crippen LogP contribution in [0.4, 0.5) is 11.5 Å². The van der Waals surface area contributed by atoms with Crippen molar-refractivity contribution in [2.75, 3.05) is 36.5 Å². The predicted octanol–water partition coefficient (Wildman–Crippen LogP) is 3.98. The second-order valence-corrected chi connectivity index (χ2v) is 9.03. The molecule has 1 N–H and O–H groups in total. The zero-order valence-corrected chi connectivity index (χ0v) is 19.7. The van der Waals surface area contributed by atoms with E-state index >= 15 is 0 Å². The number of anilines is 2. The zero-order valence-electron chi connectivity index (χ0n) is 19.7. The minimum Gasteiger partial charge on any atom is -0.488 e. The minimum atomic E-state index is 0.170. The van der Waals surface area contributed by atoms with Gasteiger partial charge in [0.15, 0.2) is 0 Å². The van der Waals surface area contributed by atoms with Gasteiger partial charge in [-0.05, 0) is 52.5 Å². The fraction of sp³-hybridized carbons (Fsp3) is 0.520. The number of aryl methyl sites for hydroxylation is 2. The Balaban J connectivity index is 1.28. The molecule has 1 aromatic carbocycles. The molecule has 0 radical (unpaired) electrons. The lowest BCUT2D eigenvalue weighted by molar-refractivity contribution is 0.122. The monoisotopic (exact) mass is 448 g/mol. The number of hydrogen-bond donors (Lipinski definition) is 1. The van der Waals surface area contributed by atoms with Gasteiger partial charge in [-0.3, -0.25) is 4.98 Å².